The van der Waals surface area contributed by atoms with Crippen molar-refractivity contribution >= 4 is 12.6 Å². The summed E-state index contributed by atoms with van der Waals surface area (Å²) in [6, 6.07) is 0. The Balaban J connectivity index is 3.32. The zero-order valence-electron chi connectivity index (χ0n) is 6.72. The highest BCUT2D eigenvalue weighted by Gasteiger charge is 2.08. The van der Waals surface area contributed by atoms with Gasteiger partial charge in [0.05, 0.1) is 0 Å². The summed E-state index contributed by atoms with van der Waals surface area (Å²) in [7, 11) is 0. The molecule has 0 aliphatic heterocycles. The fourth-order valence-electron chi connectivity index (χ4n) is 1.05. The monoisotopic (exact) mass is 146 g/mol. The standard InChI is InChI=1S/C8H18S/c1-4-6-7(3)8(9)5-2/h7-9H,4-6H2,1-3H3. The summed E-state index contributed by atoms with van der Waals surface area (Å²) in [5.74, 6) is 0.795. The number of rotatable bonds is 4. The smallest absolute Gasteiger partial charge is 0.00398 e. The third-order valence-corrected chi connectivity index (χ3v) is 2.69. The lowest BCUT2D eigenvalue weighted by atomic mass is 10.0. The Hall–Kier alpha value is 0.350. The van der Waals surface area contributed by atoms with Crippen molar-refractivity contribution < 1.29 is 0 Å². The fraction of sp³-hybridized carbons (Fsp3) is 1.00. The first-order valence-electron chi connectivity index (χ1n) is 3.90. The lowest BCUT2D eigenvalue weighted by molar-refractivity contribution is 0.496. The van der Waals surface area contributed by atoms with E-state index in [2.05, 4.69) is 33.4 Å². The maximum Gasteiger partial charge on any atom is 0.00398 e. The quantitative estimate of drug-likeness (QED) is 0.579. The summed E-state index contributed by atoms with van der Waals surface area (Å²) in [6.07, 6.45) is 3.81. The topological polar surface area (TPSA) is 0 Å². The average Bonchev–Trinajstić information content (AvgIpc) is 1.87. The molecule has 0 saturated heterocycles. The van der Waals surface area contributed by atoms with E-state index in [1.165, 1.54) is 19.3 Å². The van der Waals surface area contributed by atoms with Gasteiger partial charge >= 0.3 is 0 Å². The molecule has 0 amide bonds. The van der Waals surface area contributed by atoms with Gasteiger partial charge in [-0.15, -0.1) is 0 Å². The van der Waals surface area contributed by atoms with Gasteiger partial charge in [0.1, 0.15) is 0 Å². The van der Waals surface area contributed by atoms with E-state index in [4.69, 9.17) is 0 Å². The zero-order valence-corrected chi connectivity index (χ0v) is 7.62. The van der Waals surface area contributed by atoms with Gasteiger partial charge in [-0.2, -0.15) is 12.6 Å². The van der Waals surface area contributed by atoms with Crippen molar-refractivity contribution in [2.75, 3.05) is 0 Å². The Kier molecular flexibility index (Phi) is 5.36. The van der Waals surface area contributed by atoms with Crippen molar-refractivity contribution in [3.05, 3.63) is 0 Å². The zero-order chi connectivity index (χ0) is 7.28. The Morgan fingerprint density at radius 3 is 2.22 bits per heavy atom. The second-order valence-corrected chi connectivity index (χ2v) is 3.40. The minimum absolute atomic E-state index is 0.616. The van der Waals surface area contributed by atoms with E-state index in [9.17, 15) is 0 Å². The van der Waals surface area contributed by atoms with Gasteiger partial charge in [-0.05, 0) is 18.8 Å². The highest BCUT2D eigenvalue weighted by atomic mass is 32.1. The molecule has 0 saturated carbocycles. The van der Waals surface area contributed by atoms with Crippen LogP contribution in [0.1, 0.15) is 40.0 Å². The molecule has 0 N–H and O–H groups in total. The molecule has 0 aromatic heterocycles. The first-order valence-corrected chi connectivity index (χ1v) is 4.42. The van der Waals surface area contributed by atoms with Crippen molar-refractivity contribution in [1.29, 1.82) is 0 Å². The van der Waals surface area contributed by atoms with E-state index < -0.39 is 0 Å². The molecule has 0 spiro atoms. The molecule has 0 nitrogen and oxygen atoms in total. The third kappa shape index (κ3) is 3.85. The van der Waals surface area contributed by atoms with Gasteiger partial charge in [0, 0.05) is 5.25 Å². The fourth-order valence-corrected chi connectivity index (χ4v) is 1.20. The minimum Gasteiger partial charge on any atom is -0.176 e. The highest BCUT2D eigenvalue weighted by molar-refractivity contribution is 7.81. The molecule has 0 heterocycles. The maximum atomic E-state index is 4.46. The molecule has 0 rings (SSSR count). The average molecular weight is 146 g/mol. The largest absolute Gasteiger partial charge is 0.176 e. The summed E-state index contributed by atoms with van der Waals surface area (Å²) >= 11 is 4.46. The number of hydrogen-bond acceptors (Lipinski definition) is 1. The molecule has 2 unspecified atom stereocenters. The van der Waals surface area contributed by atoms with Gasteiger partial charge in [-0.25, -0.2) is 0 Å². The van der Waals surface area contributed by atoms with E-state index in [1.807, 2.05) is 0 Å². The van der Waals surface area contributed by atoms with Gasteiger partial charge in [0.25, 0.3) is 0 Å². The van der Waals surface area contributed by atoms with Crippen LogP contribution in [0.4, 0.5) is 0 Å². The molecule has 0 aromatic carbocycles. The summed E-state index contributed by atoms with van der Waals surface area (Å²) < 4.78 is 0. The lowest BCUT2D eigenvalue weighted by Crippen LogP contribution is -2.09. The van der Waals surface area contributed by atoms with Crippen LogP contribution in [0.15, 0.2) is 0 Å². The molecule has 56 valence electrons. The van der Waals surface area contributed by atoms with Crippen LogP contribution >= 0.6 is 12.6 Å². The maximum absolute atomic E-state index is 4.46. The van der Waals surface area contributed by atoms with Gasteiger partial charge < -0.3 is 0 Å². The van der Waals surface area contributed by atoms with E-state index in [0.29, 0.717) is 5.25 Å². The molecule has 1 heteroatoms. The predicted octanol–water partition coefficient (Wildman–Crippen LogP) is 3.13. The Labute approximate surface area is 64.4 Å². The third-order valence-electron chi connectivity index (χ3n) is 1.82. The number of hydrogen-bond donors (Lipinski definition) is 1. The summed E-state index contributed by atoms with van der Waals surface area (Å²) in [6.45, 7) is 6.71. The minimum atomic E-state index is 0.616. The molecule has 0 radical (unpaired) electrons. The second-order valence-electron chi connectivity index (χ2n) is 2.74. The Morgan fingerprint density at radius 2 is 1.89 bits per heavy atom. The van der Waals surface area contributed by atoms with E-state index in [-0.39, 0.29) is 0 Å². The molecule has 0 aliphatic rings. The van der Waals surface area contributed by atoms with Gasteiger partial charge in [-0.3, -0.25) is 0 Å². The molecule has 0 fully saturated rings. The Bertz CT molecular complexity index is 61.6. The molecule has 2 atom stereocenters. The van der Waals surface area contributed by atoms with Crippen molar-refractivity contribution in [2.24, 2.45) is 5.92 Å². The van der Waals surface area contributed by atoms with E-state index >= 15 is 0 Å². The van der Waals surface area contributed by atoms with E-state index in [1.54, 1.807) is 0 Å². The molecular weight excluding hydrogens is 128 g/mol. The Morgan fingerprint density at radius 1 is 1.33 bits per heavy atom. The van der Waals surface area contributed by atoms with Gasteiger partial charge in [0.2, 0.25) is 0 Å². The first-order chi connectivity index (χ1) is 4.22. The van der Waals surface area contributed by atoms with Crippen LogP contribution in [-0.4, -0.2) is 5.25 Å². The van der Waals surface area contributed by atoms with Crippen LogP contribution in [0.3, 0.4) is 0 Å². The number of thiol groups is 1. The normalized spacial score (nSPS) is 17.3. The van der Waals surface area contributed by atoms with Crippen LogP contribution in [0.5, 0.6) is 0 Å². The van der Waals surface area contributed by atoms with E-state index in [0.717, 1.165) is 5.92 Å². The lowest BCUT2D eigenvalue weighted by Gasteiger charge is -2.15. The first kappa shape index (κ1) is 9.35. The van der Waals surface area contributed by atoms with Crippen molar-refractivity contribution in [3.8, 4) is 0 Å². The van der Waals surface area contributed by atoms with Crippen LogP contribution < -0.4 is 0 Å². The molecule has 0 aromatic rings. The van der Waals surface area contributed by atoms with Crippen LogP contribution in [-0.2, 0) is 0 Å². The molecule has 9 heavy (non-hydrogen) atoms. The summed E-state index contributed by atoms with van der Waals surface area (Å²) in [4.78, 5) is 0. The van der Waals surface area contributed by atoms with Crippen molar-refractivity contribution in [2.45, 2.75) is 45.3 Å². The van der Waals surface area contributed by atoms with Crippen LogP contribution in [0, 0.1) is 5.92 Å². The highest BCUT2D eigenvalue weighted by Crippen LogP contribution is 2.17. The molecular formula is C8H18S. The van der Waals surface area contributed by atoms with Crippen molar-refractivity contribution in [1.82, 2.24) is 0 Å². The van der Waals surface area contributed by atoms with Crippen LogP contribution in [0.25, 0.3) is 0 Å². The second kappa shape index (κ2) is 5.16. The molecule has 0 aliphatic carbocycles. The predicted molar refractivity (Wildman–Crippen MR) is 47.1 cm³/mol. The van der Waals surface area contributed by atoms with Gasteiger partial charge in [-0.1, -0.05) is 27.2 Å². The molecule has 0 bridgehead atoms. The SMILES string of the molecule is CCCC(C)C(S)CC. The van der Waals surface area contributed by atoms with Crippen molar-refractivity contribution in [3.63, 3.8) is 0 Å². The van der Waals surface area contributed by atoms with Crippen LogP contribution in [0.2, 0.25) is 0 Å². The van der Waals surface area contributed by atoms with Gasteiger partial charge in [0.15, 0.2) is 0 Å². The summed E-state index contributed by atoms with van der Waals surface area (Å²) in [5.41, 5.74) is 0. The summed E-state index contributed by atoms with van der Waals surface area (Å²) in [5, 5.41) is 0.616.